The average molecular weight is 522 g/mol. The first-order valence-corrected chi connectivity index (χ1v) is 14.4. The van der Waals surface area contributed by atoms with Gasteiger partial charge in [0, 0.05) is 19.2 Å². The highest BCUT2D eigenvalue weighted by atomic mass is 32.2. The maximum Gasteiger partial charge on any atom is 0.260 e. The van der Waals surface area contributed by atoms with Crippen LogP contribution in [0.15, 0.2) is 77.7 Å². The lowest BCUT2D eigenvalue weighted by Crippen LogP contribution is -2.30. The topological polar surface area (TPSA) is 70.6 Å². The Bertz CT molecular complexity index is 1430. The first kappa shape index (κ1) is 26.0. The first-order chi connectivity index (χ1) is 17.3. The molecule has 3 aromatic carbocycles. The number of thiazole rings is 1. The third-order valence-corrected chi connectivity index (χ3v) is 9.08. The Balaban J connectivity index is 1.68. The van der Waals surface area contributed by atoms with Gasteiger partial charge >= 0.3 is 0 Å². The van der Waals surface area contributed by atoms with Crippen LogP contribution in [0.2, 0.25) is 0 Å². The number of nitrogens with zero attached hydrogens (tertiary/aromatic N) is 3. The number of aromatic nitrogens is 1. The van der Waals surface area contributed by atoms with Crippen LogP contribution in [0, 0.1) is 0 Å². The quantitative estimate of drug-likeness (QED) is 0.252. The summed E-state index contributed by atoms with van der Waals surface area (Å²) in [7, 11) is -2.01. The molecule has 0 saturated heterocycles. The summed E-state index contributed by atoms with van der Waals surface area (Å²) in [4.78, 5) is 20.5. The smallest absolute Gasteiger partial charge is 0.260 e. The Morgan fingerprint density at radius 1 is 0.944 bits per heavy atom. The van der Waals surface area contributed by atoms with Gasteiger partial charge in [-0.2, -0.15) is 0 Å². The van der Waals surface area contributed by atoms with Crippen molar-refractivity contribution in [3.8, 4) is 0 Å². The van der Waals surface area contributed by atoms with Gasteiger partial charge in [-0.1, -0.05) is 74.1 Å². The zero-order valence-electron chi connectivity index (χ0n) is 20.8. The summed E-state index contributed by atoms with van der Waals surface area (Å²) in [5.41, 5.74) is 3.46. The molecule has 0 fully saturated rings. The van der Waals surface area contributed by atoms with Crippen molar-refractivity contribution in [2.75, 3.05) is 18.5 Å². The molecule has 4 aromatic rings. The van der Waals surface area contributed by atoms with Crippen molar-refractivity contribution in [2.24, 2.45) is 0 Å². The molecule has 1 heterocycles. The van der Waals surface area contributed by atoms with Gasteiger partial charge in [-0.3, -0.25) is 9.69 Å². The summed E-state index contributed by atoms with van der Waals surface area (Å²) in [5.74, 6) is -0.223. The molecule has 4 rings (SSSR count). The van der Waals surface area contributed by atoms with Crippen molar-refractivity contribution < 1.29 is 13.2 Å². The predicted octanol–water partition coefficient (Wildman–Crippen LogP) is 6.13. The first-order valence-electron chi connectivity index (χ1n) is 12.2. The standard InChI is InChI=1S/C28H31N3O3S2/c1-4-6-19-30(3)36(33,34)24-17-15-23(16-18-24)27(32)31(20-21-11-8-7-9-12-21)28-29-26-22(5-2)13-10-14-25(26)35-28/h7-18H,4-6,19-20H2,1-3H3. The highest BCUT2D eigenvalue weighted by Crippen LogP contribution is 2.33. The average Bonchev–Trinajstić information content (AvgIpc) is 3.34. The van der Waals surface area contributed by atoms with Crippen LogP contribution in [0.1, 0.15) is 48.2 Å². The molecule has 0 bridgehead atoms. The van der Waals surface area contributed by atoms with Gasteiger partial charge in [0.1, 0.15) is 0 Å². The van der Waals surface area contributed by atoms with E-state index in [1.54, 1.807) is 24.1 Å². The van der Waals surface area contributed by atoms with E-state index in [-0.39, 0.29) is 10.8 Å². The second kappa shape index (κ2) is 11.3. The molecule has 0 radical (unpaired) electrons. The van der Waals surface area contributed by atoms with Crippen LogP contribution >= 0.6 is 11.3 Å². The summed E-state index contributed by atoms with van der Waals surface area (Å²) in [5, 5.41) is 0.621. The molecule has 1 amide bonds. The number of unbranched alkanes of at least 4 members (excludes halogenated alkanes) is 1. The minimum atomic E-state index is -3.60. The molecule has 0 unspecified atom stereocenters. The zero-order chi connectivity index (χ0) is 25.7. The SMILES string of the molecule is CCCCN(C)S(=O)(=O)c1ccc(C(=O)N(Cc2ccccc2)c2nc3c(CC)cccc3s2)cc1. The second-order valence-corrected chi connectivity index (χ2v) is 11.7. The number of hydrogen-bond acceptors (Lipinski definition) is 5. The minimum Gasteiger partial charge on any atom is -0.279 e. The number of anilines is 1. The summed E-state index contributed by atoms with van der Waals surface area (Å²) < 4.78 is 28.2. The van der Waals surface area contributed by atoms with Gasteiger partial charge in [-0.25, -0.2) is 17.7 Å². The normalized spacial score (nSPS) is 11.8. The maximum atomic E-state index is 13.7. The van der Waals surface area contributed by atoms with Crippen molar-refractivity contribution in [3.05, 3.63) is 89.5 Å². The number of amides is 1. The lowest BCUT2D eigenvalue weighted by atomic mass is 10.1. The molecule has 36 heavy (non-hydrogen) atoms. The van der Waals surface area contributed by atoms with Crippen molar-refractivity contribution in [2.45, 2.75) is 44.6 Å². The van der Waals surface area contributed by atoms with E-state index in [1.165, 1.54) is 27.8 Å². The largest absolute Gasteiger partial charge is 0.279 e. The van der Waals surface area contributed by atoms with Crippen LogP contribution in [0.3, 0.4) is 0 Å². The van der Waals surface area contributed by atoms with Crippen LogP contribution in [-0.2, 0) is 23.0 Å². The zero-order valence-corrected chi connectivity index (χ0v) is 22.5. The number of fused-ring (bicyclic) bond motifs is 1. The highest BCUT2D eigenvalue weighted by Gasteiger charge is 2.24. The molecular formula is C28H31N3O3S2. The van der Waals surface area contributed by atoms with Gasteiger partial charge in [-0.15, -0.1) is 0 Å². The third kappa shape index (κ3) is 5.51. The van der Waals surface area contributed by atoms with Gasteiger partial charge in [0.25, 0.3) is 5.91 Å². The minimum absolute atomic E-state index is 0.180. The second-order valence-electron chi connectivity index (χ2n) is 8.70. The van der Waals surface area contributed by atoms with Gasteiger partial charge in [0.2, 0.25) is 10.0 Å². The molecule has 0 N–H and O–H groups in total. The molecule has 6 nitrogen and oxygen atoms in total. The lowest BCUT2D eigenvalue weighted by molar-refractivity contribution is 0.0985. The number of aryl methyl sites for hydroxylation is 1. The lowest BCUT2D eigenvalue weighted by Gasteiger charge is -2.21. The maximum absolute atomic E-state index is 13.7. The molecule has 8 heteroatoms. The fraction of sp³-hybridized carbons (Fsp3) is 0.286. The van der Waals surface area contributed by atoms with Crippen molar-refractivity contribution in [3.63, 3.8) is 0 Å². The molecule has 0 spiro atoms. The third-order valence-electron chi connectivity index (χ3n) is 6.17. The fourth-order valence-corrected chi connectivity index (χ4v) is 6.21. The fourth-order valence-electron chi connectivity index (χ4n) is 3.99. The Hall–Kier alpha value is -3.07. The Labute approximate surface area is 217 Å². The van der Waals surface area contributed by atoms with E-state index < -0.39 is 10.0 Å². The molecule has 0 aliphatic rings. The van der Waals surface area contributed by atoms with Crippen LogP contribution in [0.5, 0.6) is 0 Å². The summed E-state index contributed by atoms with van der Waals surface area (Å²) >= 11 is 1.49. The van der Waals surface area contributed by atoms with Gasteiger partial charge in [0.05, 0.1) is 21.7 Å². The number of hydrogen-bond donors (Lipinski definition) is 0. The van der Waals surface area contributed by atoms with E-state index in [0.29, 0.717) is 23.8 Å². The number of rotatable bonds is 10. The van der Waals surface area contributed by atoms with E-state index in [4.69, 9.17) is 4.98 Å². The Morgan fingerprint density at radius 2 is 1.67 bits per heavy atom. The number of para-hydroxylation sites is 1. The molecule has 0 aliphatic heterocycles. The van der Waals surface area contributed by atoms with Gasteiger partial charge in [0.15, 0.2) is 5.13 Å². The Morgan fingerprint density at radius 3 is 2.33 bits per heavy atom. The predicted molar refractivity (Wildman–Crippen MR) is 147 cm³/mol. The van der Waals surface area contributed by atoms with E-state index in [1.807, 2.05) is 49.4 Å². The molecule has 0 aliphatic carbocycles. The highest BCUT2D eigenvalue weighted by molar-refractivity contribution is 7.89. The van der Waals surface area contributed by atoms with E-state index >= 15 is 0 Å². The number of carbonyl (C=O) groups excluding carboxylic acids is 1. The van der Waals surface area contributed by atoms with E-state index in [9.17, 15) is 13.2 Å². The van der Waals surface area contributed by atoms with Crippen molar-refractivity contribution in [1.82, 2.24) is 9.29 Å². The monoisotopic (exact) mass is 521 g/mol. The Kier molecular flexibility index (Phi) is 8.18. The van der Waals surface area contributed by atoms with Crippen molar-refractivity contribution in [1.29, 1.82) is 0 Å². The summed E-state index contributed by atoms with van der Waals surface area (Å²) in [6.07, 6.45) is 2.56. The molecule has 0 saturated carbocycles. The van der Waals surface area contributed by atoms with Crippen molar-refractivity contribution >= 4 is 42.6 Å². The molecule has 0 atom stereocenters. The van der Waals surface area contributed by atoms with E-state index in [2.05, 4.69) is 13.0 Å². The molecule has 1 aromatic heterocycles. The summed E-state index contributed by atoms with van der Waals surface area (Å²) in [6.45, 7) is 4.94. The summed E-state index contributed by atoms with van der Waals surface area (Å²) in [6, 6.07) is 22.1. The van der Waals surface area contributed by atoms with Crippen LogP contribution in [0.4, 0.5) is 5.13 Å². The van der Waals surface area contributed by atoms with Crippen LogP contribution in [0.25, 0.3) is 10.2 Å². The molecule has 188 valence electrons. The van der Waals surface area contributed by atoms with Crippen LogP contribution in [-0.4, -0.2) is 37.2 Å². The molecular weight excluding hydrogens is 490 g/mol. The number of benzene rings is 3. The van der Waals surface area contributed by atoms with E-state index in [0.717, 1.165) is 40.6 Å². The number of carbonyl (C=O) groups is 1. The number of sulfonamides is 1. The van der Waals surface area contributed by atoms with Gasteiger partial charge < -0.3 is 0 Å². The van der Waals surface area contributed by atoms with Gasteiger partial charge in [-0.05, 0) is 54.3 Å². The van der Waals surface area contributed by atoms with Crippen LogP contribution < -0.4 is 4.90 Å².